The van der Waals surface area contributed by atoms with Gasteiger partial charge in [-0.1, -0.05) is 27.7 Å². The number of hydrogen-bond donors (Lipinski definition) is 0. The van der Waals surface area contributed by atoms with Crippen LogP contribution in [-0.2, 0) is 4.79 Å². The Morgan fingerprint density at radius 3 is 2.53 bits per heavy atom. The van der Waals surface area contributed by atoms with E-state index in [4.69, 9.17) is 0 Å². The minimum absolute atomic E-state index is 0.404. The monoisotopic (exact) mass is 209 g/mol. The molecule has 0 aromatic rings. The van der Waals surface area contributed by atoms with Crippen LogP contribution in [0.2, 0.25) is 0 Å². The fraction of sp³-hybridized carbons (Fsp3) is 0.923. The maximum Gasteiger partial charge on any atom is 0.223 e. The lowest BCUT2D eigenvalue weighted by molar-refractivity contribution is -0.139. The second kappa shape index (κ2) is 3.80. The van der Waals surface area contributed by atoms with Crippen LogP contribution >= 0.6 is 0 Å². The zero-order valence-corrected chi connectivity index (χ0v) is 10.4. The predicted octanol–water partition coefficient (Wildman–Crippen LogP) is 2.68. The molecule has 0 aliphatic carbocycles. The van der Waals surface area contributed by atoms with Gasteiger partial charge in [-0.2, -0.15) is 0 Å². The van der Waals surface area contributed by atoms with Crippen LogP contribution < -0.4 is 0 Å². The van der Waals surface area contributed by atoms with Gasteiger partial charge in [-0.25, -0.2) is 0 Å². The van der Waals surface area contributed by atoms with Crippen molar-refractivity contribution in [2.24, 2.45) is 17.8 Å². The van der Waals surface area contributed by atoms with Crippen LogP contribution in [0.3, 0.4) is 0 Å². The third kappa shape index (κ3) is 1.49. The van der Waals surface area contributed by atoms with Crippen LogP contribution in [0.15, 0.2) is 0 Å². The topological polar surface area (TPSA) is 20.3 Å². The van der Waals surface area contributed by atoms with Gasteiger partial charge in [-0.3, -0.25) is 4.79 Å². The average Bonchev–Trinajstić information content (AvgIpc) is 2.47. The Balaban J connectivity index is 2.30. The quantitative estimate of drug-likeness (QED) is 0.650. The summed E-state index contributed by atoms with van der Waals surface area (Å²) >= 11 is 0. The van der Waals surface area contributed by atoms with Crippen molar-refractivity contribution in [3.63, 3.8) is 0 Å². The van der Waals surface area contributed by atoms with Crippen molar-refractivity contribution in [3.05, 3.63) is 0 Å². The molecule has 3 unspecified atom stereocenters. The van der Waals surface area contributed by atoms with Crippen LogP contribution in [0.25, 0.3) is 0 Å². The second-order valence-corrected chi connectivity index (χ2v) is 5.50. The van der Waals surface area contributed by atoms with E-state index in [-0.39, 0.29) is 0 Å². The first kappa shape index (κ1) is 11.0. The molecule has 0 spiro atoms. The first-order chi connectivity index (χ1) is 7.07. The number of rotatable bonds is 1. The average molecular weight is 209 g/mol. The number of piperidine rings is 1. The number of amides is 1. The van der Waals surface area contributed by atoms with Crippen molar-refractivity contribution in [1.29, 1.82) is 0 Å². The Hall–Kier alpha value is -0.530. The molecule has 2 saturated heterocycles. The van der Waals surface area contributed by atoms with Gasteiger partial charge < -0.3 is 4.90 Å². The van der Waals surface area contributed by atoms with Crippen molar-refractivity contribution < 1.29 is 4.79 Å². The van der Waals surface area contributed by atoms with Gasteiger partial charge in [0.15, 0.2) is 0 Å². The maximum absolute atomic E-state index is 12.0. The zero-order chi connectivity index (χ0) is 11.2. The number of fused-ring (bicyclic) bond motifs is 1. The Morgan fingerprint density at radius 1 is 1.27 bits per heavy atom. The number of hydrogen-bond acceptors (Lipinski definition) is 1. The van der Waals surface area contributed by atoms with E-state index >= 15 is 0 Å². The minimum Gasteiger partial charge on any atom is -0.336 e. The summed E-state index contributed by atoms with van der Waals surface area (Å²) < 4.78 is 0. The zero-order valence-electron chi connectivity index (χ0n) is 10.4. The maximum atomic E-state index is 12.0. The number of carbonyl (C=O) groups is 1. The van der Waals surface area contributed by atoms with E-state index < -0.39 is 0 Å². The van der Waals surface area contributed by atoms with Gasteiger partial charge in [0.2, 0.25) is 5.91 Å². The Labute approximate surface area is 93.0 Å². The molecule has 2 heteroatoms. The number of carbonyl (C=O) groups excluding carboxylic acids is 1. The summed E-state index contributed by atoms with van der Waals surface area (Å²) in [7, 11) is 0. The molecule has 0 N–H and O–H groups in total. The Morgan fingerprint density at radius 2 is 1.93 bits per heavy atom. The van der Waals surface area contributed by atoms with Crippen molar-refractivity contribution in [3.8, 4) is 0 Å². The molecule has 0 aromatic heterocycles. The summed E-state index contributed by atoms with van der Waals surface area (Å²) in [5, 5.41) is 0. The molecule has 15 heavy (non-hydrogen) atoms. The van der Waals surface area contributed by atoms with E-state index in [0.29, 0.717) is 35.7 Å². The van der Waals surface area contributed by atoms with Crippen LogP contribution in [0, 0.1) is 17.8 Å². The van der Waals surface area contributed by atoms with E-state index in [9.17, 15) is 4.79 Å². The molecule has 0 aromatic carbocycles. The summed E-state index contributed by atoms with van der Waals surface area (Å²) in [5.74, 6) is 2.44. The van der Waals surface area contributed by atoms with Crippen LogP contribution in [-0.4, -0.2) is 22.9 Å². The van der Waals surface area contributed by atoms with Gasteiger partial charge in [-0.15, -0.1) is 0 Å². The lowest BCUT2D eigenvalue weighted by Crippen LogP contribution is -2.48. The van der Waals surface area contributed by atoms with Crippen molar-refractivity contribution in [2.75, 3.05) is 0 Å². The van der Waals surface area contributed by atoms with E-state index in [1.54, 1.807) is 0 Å². The normalized spacial score (nSPS) is 45.7. The van der Waals surface area contributed by atoms with Crippen molar-refractivity contribution >= 4 is 5.91 Å². The highest BCUT2D eigenvalue weighted by Gasteiger charge is 2.49. The summed E-state index contributed by atoms with van der Waals surface area (Å²) in [5.41, 5.74) is 0. The molecule has 5 atom stereocenters. The molecule has 2 rings (SSSR count). The van der Waals surface area contributed by atoms with Gasteiger partial charge in [0, 0.05) is 18.5 Å². The molecule has 0 saturated carbocycles. The summed E-state index contributed by atoms with van der Waals surface area (Å²) in [6.07, 6.45) is 2.97. The number of nitrogens with zero attached hydrogens (tertiary/aromatic N) is 1. The molecule has 0 radical (unpaired) electrons. The van der Waals surface area contributed by atoms with Crippen LogP contribution in [0.1, 0.15) is 47.0 Å². The standard InChI is InChI=1S/C13H23NO/c1-5-11-9(3)10(4)13-8(2)6-7-12(15)14(11)13/h8-11,13H,5-7H2,1-4H3/t8?,9-,10+,11?,13?/m0/s1. The van der Waals surface area contributed by atoms with Gasteiger partial charge in [0.05, 0.1) is 0 Å². The molecule has 86 valence electrons. The molecular formula is C13H23NO. The van der Waals surface area contributed by atoms with Crippen LogP contribution in [0.4, 0.5) is 0 Å². The second-order valence-electron chi connectivity index (χ2n) is 5.50. The Bertz CT molecular complexity index is 263. The lowest BCUT2D eigenvalue weighted by Gasteiger charge is -2.39. The fourth-order valence-corrected chi connectivity index (χ4v) is 3.75. The van der Waals surface area contributed by atoms with Gasteiger partial charge in [0.25, 0.3) is 0 Å². The van der Waals surface area contributed by atoms with E-state index in [1.165, 1.54) is 0 Å². The molecule has 2 aliphatic rings. The SMILES string of the molecule is CCC1[C@@H](C)[C@@H](C)C2C(C)CCC(=O)N12. The molecular weight excluding hydrogens is 186 g/mol. The third-order valence-corrected chi connectivity index (χ3v) is 4.76. The Kier molecular flexibility index (Phi) is 2.78. The smallest absolute Gasteiger partial charge is 0.223 e. The molecule has 0 bridgehead atoms. The fourth-order valence-electron chi connectivity index (χ4n) is 3.75. The highest BCUT2D eigenvalue weighted by atomic mass is 16.2. The first-order valence-corrected chi connectivity index (χ1v) is 6.39. The molecule has 2 fully saturated rings. The van der Waals surface area contributed by atoms with Gasteiger partial charge in [0.1, 0.15) is 0 Å². The summed E-state index contributed by atoms with van der Waals surface area (Å²) in [6, 6.07) is 1.02. The lowest BCUT2D eigenvalue weighted by atomic mass is 9.82. The van der Waals surface area contributed by atoms with Crippen LogP contribution in [0.5, 0.6) is 0 Å². The van der Waals surface area contributed by atoms with Gasteiger partial charge in [-0.05, 0) is 30.6 Å². The minimum atomic E-state index is 0.404. The van der Waals surface area contributed by atoms with E-state index in [2.05, 4.69) is 32.6 Å². The third-order valence-electron chi connectivity index (χ3n) is 4.76. The highest BCUT2D eigenvalue weighted by molar-refractivity contribution is 5.78. The largest absolute Gasteiger partial charge is 0.336 e. The molecule has 2 heterocycles. The summed E-state index contributed by atoms with van der Waals surface area (Å²) in [4.78, 5) is 14.2. The molecule has 2 aliphatic heterocycles. The van der Waals surface area contributed by atoms with Crippen molar-refractivity contribution in [2.45, 2.75) is 59.0 Å². The van der Waals surface area contributed by atoms with Crippen molar-refractivity contribution in [1.82, 2.24) is 4.90 Å². The molecule has 1 amide bonds. The highest BCUT2D eigenvalue weighted by Crippen LogP contribution is 2.43. The summed E-state index contributed by atoms with van der Waals surface area (Å²) in [6.45, 7) is 9.17. The predicted molar refractivity (Wildman–Crippen MR) is 61.4 cm³/mol. The van der Waals surface area contributed by atoms with E-state index in [0.717, 1.165) is 19.3 Å². The first-order valence-electron chi connectivity index (χ1n) is 6.39. The van der Waals surface area contributed by atoms with Gasteiger partial charge >= 0.3 is 0 Å². The van der Waals surface area contributed by atoms with E-state index in [1.807, 2.05) is 0 Å². The molecule has 2 nitrogen and oxygen atoms in total.